The van der Waals surface area contributed by atoms with E-state index in [4.69, 9.17) is 23.2 Å². The molecule has 0 aliphatic carbocycles. The third-order valence-electron chi connectivity index (χ3n) is 1.19. The molecule has 0 spiro atoms. The van der Waals surface area contributed by atoms with Crippen molar-refractivity contribution in [2.75, 3.05) is 6.54 Å². The quantitative estimate of drug-likeness (QED) is 0.575. The minimum absolute atomic E-state index is 0.323. The molecule has 0 atom stereocenters. The first-order chi connectivity index (χ1) is 5.22. The van der Waals surface area contributed by atoms with Crippen molar-refractivity contribution in [1.82, 2.24) is 4.90 Å². The lowest BCUT2D eigenvalue weighted by Gasteiger charge is -2.17. The fourth-order valence-corrected chi connectivity index (χ4v) is 0.915. The molecule has 0 aromatic rings. The van der Waals surface area contributed by atoms with Crippen LogP contribution in [0.5, 0.6) is 0 Å². The van der Waals surface area contributed by atoms with Gasteiger partial charge in [-0.3, -0.25) is 9.79 Å². The summed E-state index contributed by atoms with van der Waals surface area (Å²) in [7, 11) is 0. The van der Waals surface area contributed by atoms with Crippen molar-refractivity contribution in [2.24, 2.45) is 4.99 Å². The molecule has 0 aromatic heterocycles. The number of aliphatic imine (C=N–C) groups is 1. The van der Waals surface area contributed by atoms with Gasteiger partial charge in [-0.25, -0.2) is 0 Å². The highest BCUT2D eigenvalue weighted by Crippen LogP contribution is 2.08. The number of halogens is 2. The molecule has 0 fully saturated rings. The van der Waals surface area contributed by atoms with Gasteiger partial charge in [-0.15, -0.1) is 0 Å². The van der Waals surface area contributed by atoms with Crippen LogP contribution in [0.3, 0.4) is 0 Å². The Hall–Kier alpha value is -0.540. The average molecular weight is 193 g/mol. The number of nitrogens with zero attached hydrogens (tertiary/aromatic N) is 2. The third kappa shape index (κ3) is 2.20. The standard InChI is InChI=1S/C6H6Cl2N2O/c7-5(8)6(11)10-3-1-9-2-4-10/h1-3,5H,4H2. The molecule has 0 radical (unpaired) electrons. The van der Waals surface area contributed by atoms with Gasteiger partial charge >= 0.3 is 0 Å². The van der Waals surface area contributed by atoms with Gasteiger partial charge in [0.2, 0.25) is 0 Å². The smallest absolute Gasteiger partial charge is 0.260 e. The molecule has 11 heavy (non-hydrogen) atoms. The van der Waals surface area contributed by atoms with Crippen LogP contribution in [0.15, 0.2) is 17.4 Å². The summed E-state index contributed by atoms with van der Waals surface area (Å²) in [6, 6.07) is 0. The van der Waals surface area contributed by atoms with Crippen molar-refractivity contribution < 1.29 is 4.79 Å². The summed E-state index contributed by atoms with van der Waals surface area (Å²) in [4.78, 5) is 15.2. The largest absolute Gasteiger partial charge is 0.310 e. The molecule has 1 aliphatic heterocycles. The van der Waals surface area contributed by atoms with Gasteiger partial charge in [-0.05, 0) is 0 Å². The van der Waals surface area contributed by atoms with Crippen LogP contribution in [0.1, 0.15) is 0 Å². The number of hydrogen-bond acceptors (Lipinski definition) is 2. The van der Waals surface area contributed by atoms with Gasteiger partial charge in [-0.1, -0.05) is 23.2 Å². The van der Waals surface area contributed by atoms with E-state index >= 15 is 0 Å². The first-order valence-corrected chi connectivity index (χ1v) is 3.86. The second-order valence-electron chi connectivity index (χ2n) is 1.92. The van der Waals surface area contributed by atoms with E-state index in [2.05, 4.69) is 4.99 Å². The summed E-state index contributed by atoms with van der Waals surface area (Å²) in [5.41, 5.74) is 0. The highest BCUT2D eigenvalue weighted by molar-refractivity contribution is 6.53. The highest BCUT2D eigenvalue weighted by atomic mass is 35.5. The Balaban J connectivity index is 2.55. The Labute approximate surface area is 74.3 Å². The SMILES string of the molecule is O=C(C(Cl)Cl)N1C=CN=CC1. The molecule has 0 aromatic carbocycles. The van der Waals surface area contributed by atoms with Gasteiger partial charge in [0.25, 0.3) is 5.91 Å². The minimum Gasteiger partial charge on any atom is -0.310 e. The Morgan fingerprint density at radius 1 is 1.64 bits per heavy atom. The Kier molecular flexibility index (Phi) is 2.91. The second kappa shape index (κ2) is 3.74. The van der Waals surface area contributed by atoms with Crippen LogP contribution in [0.2, 0.25) is 0 Å². The van der Waals surface area contributed by atoms with Crippen LogP contribution in [0.4, 0.5) is 0 Å². The van der Waals surface area contributed by atoms with E-state index in [1.807, 2.05) is 0 Å². The topological polar surface area (TPSA) is 32.7 Å². The summed E-state index contributed by atoms with van der Waals surface area (Å²) in [6.45, 7) is 0.436. The summed E-state index contributed by atoms with van der Waals surface area (Å²) >= 11 is 10.7. The van der Waals surface area contributed by atoms with E-state index in [1.165, 1.54) is 11.1 Å². The number of carbonyl (C=O) groups is 1. The average Bonchev–Trinajstić information content (AvgIpc) is 2.05. The molecular weight excluding hydrogens is 187 g/mol. The van der Waals surface area contributed by atoms with E-state index in [0.29, 0.717) is 6.54 Å². The lowest BCUT2D eigenvalue weighted by atomic mass is 10.5. The maximum Gasteiger partial charge on any atom is 0.260 e. The van der Waals surface area contributed by atoms with Crippen LogP contribution < -0.4 is 0 Å². The molecule has 1 rings (SSSR count). The third-order valence-corrected chi connectivity index (χ3v) is 1.56. The Bertz CT molecular complexity index is 213. The fourth-order valence-electron chi connectivity index (χ4n) is 0.665. The van der Waals surface area contributed by atoms with Crippen LogP contribution >= 0.6 is 23.2 Å². The monoisotopic (exact) mass is 192 g/mol. The summed E-state index contributed by atoms with van der Waals surface area (Å²) < 4.78 is 0. The minimum atomic E-state index is -0.994. The molecule has 0 saturated carbocycles. The first-order valence-electron chi connectivity index (χ1n) is 2.99. The molecule has 1 heterocycles. The van der Waals surface area contributed by atoms with Crippen molar-refractivity contribution in [2.45, 2.75) is 4.84 Å². The molecule has 60 valence electrons. The molecule has 0 bridgehead atoms. The number of rotatable bonds is 1. The van der Waals surface area contributed by atoms with Gasteiger partial charge in [0.05, 0.1) is 6.54 Å². The van der Waals surface area contributed by atoms with E-state index in [9.17, 15) is 4.79 Å². The van der Waals surface area contributed by atoms with Crippen LogP contribution in [0.25, 0.3) is 0 Å². The van der Waals surface area contributed by atoms with E-state index in [0.717, 1.165) is 0 Å². The molecular formula is C6H6Cl2N2O. The summed E-state index contributed by atoms with van der Waals surface area (Å²) in [5.74, 6) is -0.323. The molecule has 1 aliphatic rings. The predicted molar refractivity (Wildman–Crippen MR) is 44.8 cm³/mol. The van der Waals surface area contributed by atoms with Crippen LogP contribution in [-0.2, 0) is 4.79 Å². The number of hydrogen-bond donors (Lipinski definition) is 0. The maximum absolute atomic E-state index is 11.0. The summed E-state index contributed by atoms with van der Waals surface area (Å²) in [5, 5.41) is 0. The lowest BCUT2D eigenvalue weighted by Crippen LogP contribution is -2.32. The lowest BCUT2D eigenvalue weighted by molar-refractivity contribution is -0.126. The van der Waals surface area contributed by atoms with Crippen molar-refractivity contribution in [3.63, 3.8) is 0 Å². The summed E-state index contributed by atoms with van der Waals surface area (Å²) in [6.07, 6.45) is 4.66. The number of amides is 1. The highest BCUT2D eigenvalue weighted by Gasteiger charge is 2.17. The molecule has 0 saturated heterocycles. The second-order valence-corrected chi connectivity index (χ2v) is 3.02. The van der Waals surface area contributed by atoms with Crippen LogP contribution in [-0.4, -0.2) is 28.4 Å². The zero-order valence-corrected chi connectivity index (χ0v) is 7.09. The normalized spacial score (nSPS) is 16.1. The van der Waals surface area contributed by atoms with E-state index in [-0.39, 0.29) is 5.91 Å². The van der Waals surface area contributed by atoms with Gasteiger partial charge in [-0.2, -0.15) is 0 Å². The van der Waals surface area contributed by atoms with E-state index in [1.54, 1.807) is 12.4 Å². The molecule has 0 unspecified atom stereocenters. The molecule has 0 N–H and O–H groups in total. The van der Waals surface area contributed by atoms with Gasteiger partial charge < -0.3 is 4.90 Å². The Morgan fingerprint density at radius 3 is 2.82 bits per heavy atom. The van der Waals surface area contributed by atoms with Gasteiger partial charge in [0, 0.05) is 18.6 Å². The maximum atomic E-state index is 11.0. The van der Waals surface area contributed by atoms with Crippen molar-refractivity contribution in [3.8, 4) is 0 Å². The molecule has 5 heteroatoms. The van der Waals surface area contributed by atoms with Crippen molar-refractivity contribution in [1.29, 1.82) is 0 Å². The van der Waals surface area contributed by atoms with Crippen molar-refractivity contribution >= 4 is 35.3 Å². The van der Waals surface area contributed by atoms with Crippen molar-refractivity contribution in [3.05, 3.63) is 12.4 Å². The fraction of sp³-hybridized carbons (Fsp3) is 0.333. The van der Waals surface area contributed by atoms with Crippen LogP contribution in [0, 0.1) is 0 Å². The number of alkyl halides is 2. The zero-order chi connectivity index (χ0) is 8.27. The van der Waals surface area contributed by atoms with E-state index < -0.39 is 4.84 Å². The number of carbonyl (C=O) groups excluding carboxylic acids is 1. The Morgan fingerprint density at radius 2 is 2.36 bits per heavy atom. The first kappa shape index (κ1) is 8.56. The molecule has 3 nitrogen and oxygen atoms in total. The molecule has 1 amide bonds. The van der Waals surface area contributed by atoms with Gasteiger partial charge in [0.1, 0.15) is 0 Å². The predicted octanol–water partition coefficient (Wildman–Crippen LogP) is 1.17. The zero-order valence-electron chi connectivity index (χ0n) is 5.58. The van der Waals surface area contributed by atoms with Gasteiger partial charge in [0.15, 0.2) is 4.84 Å².